The second-order valence-electron chi connectivity index (χ2n) is 17.4. The van der Waals surface area contributed by atoms with Gasteiger partial charge in [0.05, 0.1) is 14.5 Å². The SMILES string of the molecule is CC1=C(C#N)C(=O)N(C(=O)OCc2ccccc2)C(=O)/C1=N/c1cc2c(s1)-c1sc3cc(/N=C4/C(=O)N(C(=O)OCc5ccccc5)C(=O)C(C#N)=C4C)sc3c1C2(C(=O)OCc1ccccc1)C(=O)OCc1ccccc1. The zero-order chi connectivity index (χ0) is 54.8. The number of imide groups is 6. The molecule has 384 valence electrons. The van der Waals surface area contributed by atoms with Crippen LogP contribution in [0.4, 0.5) is 19.6 Å². The lowest BCUT2D eigenvalue weighted by molar-refractivity contribution is -0.164. The van der Waals surface area contributed by atoms with Crippen molar-refractivity contribution in [1.82, 2.24) is 9.80 Å². The zero-order valence-corrected chi connectivity index (χ0v) is 43.3. The van der Waals surface area contributed by atoms with Gasteiger partial charge in [-0.3, -0.25) is 28.8 Å². The Balaban J connectivity index is 1.10. The lowest BCUT2D eigenvalue weighted by atomic mass is 9.79. The molecule has 0 radical (unpaired) electrons. The predicted octanol–water partition coefficient (Wildman–Crippen LogP) is 10.0. The molecule has 10 rings (SSSR count). The molecule has 3 aliphatic rings. The van der Waals surface area contributed by atoms with Crippen LogP contribution >= 0.6 is 34.0 Å². The van der Waals surface area contributed by atoms with Gasteiger partial charge in [-0.2, -0.15) is 20.3 Å². The van der Waals surface area contributed by atoms with Crippen molar-refractivity contribution in [3.8, 4) is 21.9 Å². The molecule has 0 saturated heterocycles. The fourth-order valence-corrected chi connectivity index (χ4v) is 12.6. The molecule has 7 aromatic rings. The molecule has 0 N–H and O–H groups in total. The van der Waals surface area contributed by atoms with Crippen molar-refractivity contribution in [1.29, 1.82) is 10.5 Å². The first-order valence-corrected chi connectivity index (χ1v) is 25.9. The Morgan fingerprint density at radius 1 is 0.513 bits per heavy atom. The van der Waals surface area contributed by atoms with Crippen molar-refractivity contribution >= 4 is 113 Å². The summed E-state index contributed by atoms with van der Waals surface area (Å²) in [6.45, 7) is 1.51. The highest BCUT2D eigenvalue weighted by molar-refractivity contribution is 7.33. The largest absolute Gasteiger partial charge is 0.459 e. The summed E-state index contributed by atoms with van der Waals surface area (Å²) >= 11 is 3.05. The number of thiophene rings is 3. The Morgan fingerprint density at radius 3 is 1.29 bits per heavy atom. The van der Waals surface area contributed by atoms with Crippen LogP contribution in [-0.2, 0) is 79.6 Å². The number of esters is 2. The minimum Gasteiger partial charge on any atom is -0.459 e. The minimum atomic E-state index is -2.42. The van der Waals surface area contributed by atoms with E-state index in [0.29, 0.717) is 41.4 Å². The number of aliphatic imine (C=N–C) groups is 2. The summed E-state index contributed by atoms with van der Waals surface area (Å²) < 4.78 is 23.6. The fraction of sp³-hybridized carbons (Fsp3) is 0.123. The van der Waals surface area contributed by atoms with E-state index in [9.17, 15) is 39.3 Å². The van der Waals surface area contributed by atoms with Crippen molar-refractivity contribution in [2.45, 2.75) is 45.7 Å². The topological polar surface area (TPSA) is 252 Å². The molecule has 0 bridgehead atoms. The summed E-state index contributed by atoms with van der Waals surface area (Å²) in [5.74, 6) is -6.86. The highest BCUT2D eigenvalue weighted by Crippen LogP contribution is 2.62. The van der Waals surface area contributed by atoms with Gasteiger partial charge in [0.1, 0.15) is 71.1 Å². The van der Waals surface area contributed by atoms with Crippen LogP contribution in [0, 0.1) is 22.7 Å². The Labute approximate surface area is 454 Å². The molecule has 4 aromatic carbocycles. The van der Waals surface area contributed by atoms with Crippen LogP contribution in [0.15, 0.2) is 166 Å². The van der Waals surface area contributed by atoms with Crippen LogP contribution in [0.3, 0.4) is 0 Å². The van der Waals surface area contributed by atoms with Crippen LogP contribution in [0.5, 0.6) is 0 Å². The Hall–Kier alpha value is -9.80. The van der Waals surface area contributed by atoms with Crippen molar-refractivity contribution in [3.63, 3.8) is 0 Å². The molecule has 1 aliphatic carbocycles. The highest BCUT2D eigenvalue weighted by Gasteiger charge is 2.61. The Bertz CT molecular complexity index is 3860. The molecule has 0 saturated carbocycles. The number of ether oxygens (including phenoxy) is 4. The van der Waals surface area contributed by atoms with Gasteiger partial charge in [0, 0.05) is 27.0 Å². The maximum Gasteiger partial charge on any atom is 0.424 e. The van der Waals surface area contributed by atoms with E-state index in [-0.39, 0.29) is 68.5 Å². The number of rotatable bonds is 12. The zero-order valence-electron chi connectivity index (χ0n) is 40.8. The number of carbonyl (C=O) groups excluding carboxylic acids is 8. The van der Waals surface area contributed by atoms with E-state index in [1.807, 2.05) is 0 Å². The lowest BCUT2D eigenvalue weighted by Crippen LogP contribution is -2.50. The lowest BCUT2D eigenvalue weighted by Gasteiger charge is -2.26. The number of benzene rings is 4. The van der Waals surface area contributed by atoms with Gasteiger partial charge in [-0.05, 0) is 48.2 Å². The van der Waals surface area contributed by atoms with E-state index in [0.717, 1.165) is 34.0 Å². The maximum atomic E-state index is 15.4. The fourth-order valence-electron chi connectivity index (χ4n) is 8.76. The van der Waals surface area contributed by atoms with Crippen molar-refractivity contribution in [2.75, 3.05) is 0 Å². The van der Waals surface area contributed by atoms with Crippen LogP contribution in [0.1, 0.15) is 47.2 Å². The first-order valence-electron chi connectivity index (χ1n) is 23.5. The van der Waals surface area contributed by atoms with Gasteiger partial charge in [0.25, 0.3) is 23.6 Å². The summed E-state index contributed by atoms with van der Waals surface area (Å²) in [5.41, 5.74) is -2.14. The molecular weight excluding hydrogens is 1060 g/mol. The molecule has 6 amide bonds. The van der Waals surface area contributed by atoms with E-state index < -0.39 is 75.7 Å². The number of amides is 6. The molecule has 0 unspecified atom stereocenters. The first kappa shape index (κ1) is 51.7. The Kier molecular flexibility index (Phi) is 14.2. The van der Waals surface area contributed by atoms with Gasteiger partial charge in [-0.15, -0.1) is 34.0 Å². The summed E-state index contributed by atoms with van der Waals surface area (Å²) in [4.78, 5) is 123. The standard InChI is InChI=1S/C57H36N6O12S3/c1-31-37(25-58)49(64)62(55(70)74-29-35-19-11-5-12-20-35)51(66)44(31)60-41-23-39-46(77-41)48-43(57(39,53(68)72-27-33-15-7-3-8-16-33)54(69)73-28-34-17-9-4-10-18-34)47-40(76-48)24-42(78-47)61-45-32(2)38(26-59)50(65)63(52(45)67)56(71)75-30-36-21-13-6-14-22-36/h3-24H,27-30H2,1-2H3/b60-44+,61-45+. The normalized spacial score (nSPS) is 15.8. The third-order valence-corrected chi connectivity index (χ3v) is 16.1. The van der Waals surface area contributed by atoms with Crippen molar-refractivity contribution < 1.29 is 57.3 Å². The molecule has 21 heteroatoms. The van der Waals surface area contributed by atoms with Crippen LogP contribution in [0.2, 0.25) is 0 Å². The number of fused-ring (bicyclic) bond motifs is 5. The van der Waals surface area contributed by atoms with Crippen LogP contribution < -0.4 is 0 Å². The molecular formula is C57H36N6O12S3. The summed E-state index contributed by atoms with van der Waals surface area (Å²) in [6, 6.07) is 41.0. The molecule has 0 spiro atoms. The number of nitriles is 2. The number of nitrogens with zero attached hydrogens (tertiary/aromatic N) is 6. The van der Waals surface area contributed by atoms with Gasteiger partial charge in [0.2, 0.25) is 5.41 Å². The second kappa shape index (κ2) is 21.4. The van der Waals surface area contributed by atoms with Crippen molar-refractivity contribution in [2.24, 2.45) is 9.98 Å². The van der Waals surface area contributed by atoms with Gasteiger partial charge in [-0.1, -0.05) is 121 Å². The van der Waals surface area contributed by atoms with E-state index in [1.165, 1.54) is 19.9 Å². The smallest absolute Gasteiger partial charge is 0.424 e. The highest BCUT2D eigenvalue weighted by atomic mass is 32.1. The molecule has 3 aromatic heterocycles. The average Bonchev–Trinajstić information content (AvgIpc) is 4.21. The maximum absolute atomic E-state index is 15.4. The minimum absolute atomic E-state index is 0.0188. The molecule has 0 atom stereocenters. The van der Waals surface area contributed by atoms with E-state index >= 15 is 9.59 Å². The summed E-state index contributed by atoms with van der Waals surface area (Å²) in [6.07, 6.45) is -2.67. The van der Waals surface area contributed by atoms with E-state index in [1.54, 1.807) is 140 Å². The predicted molar refractivity (Wildman–Crippen MR) is 284 cm³/mol. The second-order valence-corrected chi connectivity index (χ2v) is 20.5. The molecule has 2 aliphatic heterocycles. The third-order valence-electron chi connectivity index (χ3n) is 12.6. The monoisotopic (exact) mass is 1090 g/mol. The third kappa shape index (κ3) is 9.27. The first-order chi connectivity index (χ1) is 37.7. The van der Waals surface area contributed by atoms with Gasteiger partial charge in [0.15, 0.2) is 0 Å². The van der Waals surface area contributed by atoms with E-state index in [2.05, 4.69) is 9.98 Å². The Morgan fingerprint density at radius 2 is 0.897 bits per heavy atom. The molecule has 0 fully saturated rings. The molecule has 5 heterocycles. The average molecular weight is 1090 g/mol. The summed E-state index contributed by atoms with van der Waals surface area (Å²) in [7, 11) is 0. The molecule has 18 nitrogen and oxygen atoms in total. The number of hydrogen-bond acceptors (Lipinski definition) is 19. The van der Waals surface area contributed by atoms with Gasteiger partial charge >= 0.3 is 24.1 Å². The van der Waals surface area contributed by atoms with Gasteiger partial charge < -0.3 is 18.9 Å². The van der Waals surface area contributed by atoms with Crippen molar-refractivity contribution in [3.05, 3.63) is 189 Å². The number of hydrogen-bond donors (Lipinski definition) is 0. The van der Waals surface area contributed by atoms with Crippen LogP contribution in [0.25, 0.3) is 19.2 Å². The summed E-state index contributed by atoms with van der Waals surface area (Å²) in [5, 5.41) is 20.4. The van der Waals surface area contributed by atoms with Gasteiger partial charge in [-0.25, -0.2) is 19.6 Å². The van der Waals surface area contributed by atoms with E-state index in [4.69, 9.17) is 18.9 Å². The quantitative estimate of drug-likeness (QED) is 0.0478. The number of carbonyl (C=O) groups is 8. The van der Waals surface area contributed by atoms with Crippen LogP contribution in [-0.4, -0.2) is 69.0 Å². The molecule has 78 heavy (non-hydrogen) atoms.